The lowest BCUT2D eigenvalue weighted by Gasteiger charge is -2.34. The highest BCUT2D eigenvalue weighted by Gasteiger charge is 2.37. The van der Waals surface area contributed by atoms with E-state index in [0.29, 0.717) is 6.42 Å². The number of hydrogen-bond acceptors (Lipinski definition) is 8. The van der Waals surface area contributed by atoms with Crippen molar-refractivity contribution in [2.75, 3.05) is 27.4 Å². The van der Waals surface area contributed by atoms with Gasteiger partial charge >= 0.3 is 0 Å². The summed E-state index contributed by atoms with van der Waals surface area (Å²) in [7, 11) is 2.87. The molecule has 0 bridgehead atoms. The Balaban J connectivity index is 2.75. The molecule has 0 saturated carbocycles. The number of carbonyl (C=O) groups is 1. The Hall–Kier alpha value is -1.71. The first-order valence-corrected chi connectivity index (χ1v) is 8.36. The van der Waals surface area contributed by atoms with E-state index in [1.54, 1.807) is 12.2 Å². The van der Waals surface area contributed by atoms with Crippen LogP contribution in [-0.4, -0.2) is 78.1 Å². The Labute approximate surface area is 153 Å². The summed E-state index contributed by atoms with van der Waals surface area (Å²) in [5.41, 5.74) is 0.735. The molecule has 4 atom stereocenters. The number of hydrogen-bond donors (Lipinski definition) is 4. The van der Waals surface area contributed by atoms with Gasteiger partial charge in [-0.05, 0) is 24.1 Å². The fourth-order valence-corrected chi connectivity index (χ4v) is 2.42. The van der Waals surface area contributed by atoms with Crippen LogP contribution >= 0.6 is 0 Å². The van der Waals surface area contributed by atoms with Gasteiger partial charge < -0.3 is 34.6 Å². The van der Waals surface area contributed by atoms with E-state index in [1.165, 1.54) is 20.3 Å². The van der Waals surface area contributed by atoms with Gasteiger partial charge in [0.1, 0.15) is 24.9 Å². The van der Waals surface area contributed by atoms with Crippen molar-refractivity contribution in [1.29, 1.82) is 0 Å². The van der Waals surface area contributed by atoms with E-state index in [1.807, 2.05) is 6.92 Å². The lowest BCUT2D eigenvalue weighted by molar-refractivity contribution is -0.188. The molecule has 0 radical (unpaired) electrons. The molecule has 0 aromatic carbocycles. The SMILES string of the molecule is CCC(/C=C/C(=O)CC1OC[C@@H](O)C(O)[C@H]1O)=C\C(OC)=C(\O)COC. The average molecular weight is 372 g/mol. The molecule has 8 heteroatoms. The number of carbonyl (C=O) groups excluding carboxylic acids is 1. The topological polar surface area (TPSA) is 126 Å². The zero-order valence-electron chi connectivity index (χ0n) is 15.3. The van der Waals surface area contributed by atoms with E-state index in [4.69, 9.17) is 14.2 Å². The van der Waals surface area contributed by atoms with Crippen molar-refractivity contribution in [3.8, 4) is 0 Å². The van der Waals surface area contributed by atoms with E-state index in [0.717, 1.165) is 5.57 Å². The normalized spacial score (nSPS) is 28.2. The average Bonchev–Trinajstić information content (AvgIpc) is 2.62. The quantitative estimate of drug-likeness (QED) is 0.260. The summed E-state index contributed by atoms with van der Waals surface area (Å²) < 4.78 is 15.2. The van der Waals surface area contributed by atoms with Gasteiger partial charge in [-0.3, -0.25) is 4.79 Å². The third-order valence-electron chi connectivity index (χ3n) is 4.00. The maximum Gasteiger partial charge on any atom is 0.160 e. The van der Waals surface area contributed by atoms with Crippen LogP contribution < -0.4 is 0 Å². The van der Waals surface area contributed by atoms with Crippen molar-refractivity contribution in [3.05, 3.63) is 35.3 Å². The second-order valence-corrected chi connectivity index (χ2v) is 5.94. The molecular weight excluding hydrogens is 344 g/mol. The lowest BCUT2D eigenvalue weighted by atomic mass is 9.96. The molecule has 1 rings (SSSR count). The molecule has 1 fully saturated rings. The van der Waals surface area contributed by atoms with Gasteiger partial charge in [0.25, 0.3) is 0 Å². The molecule has 26 heavy (non-hydrogen) atoms. The second-order valence-electron chi connectivity index (χ2n) is 5.94. The standard InChI is InChI=1S/C18H28O8/c1-4-11(7-15(25-3)13(20)9-24-2)5-6-12(19)8-16-18(23)17(22)14(21)10-26-16/h5-7,14,16-18,20-23H,4,8-10H2,1-3H3/b6-5+,11-7+,15-13-/t14-,16?,17?,18+/m1/s1. The van der Waals surface area contributed by atoms with Crippen LogP contribution in [0.15, 0.2) is 35.3 Å². The molecule has 1 aliphatic heterocycles. The van der Waals surface area contributed by atoms with Crippen molar-refractivity contribution in [2.24, 2.45) is 0 Å². The number of methoxy groups -OCH3 is 2. The molecule has 0 amide bonds. The Morgan fingerprint density at radius 2 is 1.88 bits per heavy atom. The van der Waals surface area contributed by atoms with E-state index in [9.17, 15) is 25.2 Å². The molecule has 8 nitrogen and oxygen atoms in total. The second kappa shape index (κ2) is 11.1. The summed E-state index contributed by atoms with van der Waals surface area (Å²) in [6.07, 6.45) is 0.279. The van der Waals surface area contributed by atoms with Crippen LogP contribution in [-0.2, 0) is 19.0 Å². The number of rotatable bonds is 9. The fourth-order valence-electron chi connectivity index (χ4n) is 2.42. The third-order valence-corrected chi connectivity index (χ3v) is 4.00. The van der Waals surface area contributed by atoms with Gasteiger partial charge in [-0.25, -0.2) is 0 Å². The first-order valence-electron chi connectivity index (χ1n) is 8.36. The van der Waals surface area contributed by atoms with Crippen molar-refractivity contribution in [2.45, 2.75) is 44.2 Å². The fraction of sp³-hybridized carbons (Fsp3) is 0.611. The number of ether oxygens (including phenoxy) is 3. The lowest BCUT2D eigenvalue weighted by Crippen LogP contribution is -2.53. The number of allylic oxidation sites excluding steroid dienone is 4. The predicted molar refractivity (Wildman–Crippen MR) is 93.4 cm³/mol. The summed E-state index contributed by atoms with van der Waals surface area (Å²) in [4.78, 5) is 12.1. The molecule has 2 unspecified atom stereocenters. The van der Waals surface area contributed by atoms with Crippen molar-refractivity contribution in [3.63, 3.8) is 0 Å². The van der Waals surface area contributed by atoms with E-state index in [2.05, 4.69) is 0 Å². The van der Waals surface area contributed by atoms with Gasteiger partial charge in [0.15, 0.2) is 17.3 Å². The van der Waals surface area contributed by atoms with Crippen molar-refractivity contribution >= 4 is 5.78 Å². The summed E-state index contributed by atoms with van der Waals surface area (Å²) in [5, 5.41) is 38.7. The van der Waals surface area contributed by atoms with Gasteiger partial charge in [-0.1, -0.05) is 13.0 Å². The monoisotopic (exact) mass is 372 g/mol. The Kier molecular flexibility index (Phi) is 9.53. The van der Waals surface area contributed by atoms with Crippen molar-refractivity contribution in [1.82, 2.24) is 0 Å². The van der Waals surface area contributed by atoms with Gasteiger partial charge in [0, 0.05) is 13.5 Å². The van der Waals surface area contributed by atoms with Crippen LogP contribution in [0.4, 0.5) is 0 Å². The molecule has 1 heterocycles. The Morgan fingerprint density at radius 1 is 1.19 bits per heavy atom. The van der Waals surface area contributed by atoms with Gasteiger partial charge in [-0.15, -0.1) is 0 Å². The zero-order valence-corrected chi connectivity index (χ0v) is 15.3. The number of ketones is 1. The zero-order chi connectivity index (χ0) is 19.7. The van der Waals surface area contributed by atoms with Crippen LogP contribution in [0.3, 0.4) is 0 Å². The largest absolute Gasteiger partial charge is 0.506 e. The highest BCUT2D eigenvalue weighted by atomic mass is 16.5. The molecule has 0 aliphatic carbocycles. The maximum absolute atomic E-state index is 12.1. The van der Waals surface area contributed by atoms with E-state index >= 15 is 0 Å². The molecule has 4 N–H and O–H groups in total. The molecule has 1 aliphatic rings. The van der Waals surface area contributed by atoms with Gasteiger partial charge in [-0.2, -0.15) is 0 Å². The highest BCUT2D eigenvalue weighted by molar-refractivity contribution is 5.90. The smallest absolute Gasteiger partial charge is 0.160 e. The number of aliphatic hydroxyl groups is 4. The van der Waals surface area contributed by atoms with Crippen LogP contribution in [0.2, 0.25) is 0 Å². The minimum atomic E-state index is -1.34. The molecule has 148 valence electrons. The first-order chi connectivity index (χ1) is 12.3. The molecule has 0 spiro atoms. The van der Waals surface area contributed by atoms with Crippen LogP contribution in [0.25, 0.3) is 0 Å². The Morgan fingerprint density at radius 3 is 2.46 bits per heavy atom. The number of aliphatic hydroxyl groups excluding tert-OH is 4. The van der Waals surface area contributed by atoms with Gasteiger partial charge in [0.05, 0.1) is 19.8 Å². The summed E-state index contributed by atoms with van der Waals surface area (Å²) in [6, 6.07) is 0. The molecule has 0 aromatic heterocycles. The molecule has 1 saturated heterocycles. The molecule has 0 aromatic rings. The van der Waals surface area contributed by atoms with Crippen LogP contribution in [0.5, 0.6) is 0 Å². The van der Waals surface area contributed by atoms with E-state index < -0.39 is 24.4 Å². The Bertz CT molecular complexity index is 551. The van der Waals surface area contributed by atoms with Crippen LogP contribution in [0, 0.1) is 0 Å². The van der Waals surface area contributed by atoms with Crippen molar-refractivity contribution < 1.29 is 39.4 Å². The third kappa shape index (κ3) is 6.54. The summed E-state index contributed by atoms with van der Waals surface area (Å²) in [5.74, 6) is -0.128. The van der Waals surface area contributed by atoms with Crippen LogP contribution in [0.1, 0.15) is 19.8 Å². The first kappa shape index (κ1) is 22.3. The summed E-state index contributed by atoms with van der Waals surface area (Å²) in [6.45, 7) is 1.75. The minimum absolute atomic E-state index is 0.00436. The minimum Gasteiger partial charge on any atom is -0.506 e. The maximum atomic E-state index is 12.1. The van der Waals surface area contributed by atoms with E-state index in [-0.39, 0.29) is 36.9 Å². The van der Waals surface area contributed by atoms with Gasteiger partial charge in [0.2, 0.25) is 0 Å². The summed E-state index contributed by atoms with van der Waals surface area (Å²) >= 11 is 0. The predicted octanol–water partition coefficient (Wildman–Crippen LogP) is 0.382. The molecular formula is C18H28O8. The highest BCUT2D eigenvalue weighted by Crippen LogP contribution is 2.19.